The maximum absolute atomic E-state index is 12.1. The van der Waals surface area contributed by atoms with Crippen molar-refractivity contribution in [1.29, 1.82) is 0 Å². The molecule has 116 valence electrons. The Labute approximate surface area is 120 Å². The van der Waals surface area contributed by atoms with Gasteiger partial charge < -0.3 is 20.4 Å². The number of urea groups is 1. The summed E-state index contributed by atoms with van der Waals surface area (Å²) in [6, 6.07) is -1.35. The van der Waals surface area contributed by atoms with Gasteiger partial charge in [-0.2, -0.15) is 0 Å². The summed E-state index contributed by atoms with van der Waals surface area (Å²) in [5.74, 6) is 0.127. The Morgan fingerprint density at radius 3 is 2.55 bits per heavy atom. The van der Waals surface area contributed by atoms with Crippen LogP contribution in [-0.4, -0.2) is 52.9 Å². The normalized spacial score (nSPS) is 21.4. The molecule has 0 aromatic carbocycles. The van der Waals surface area contributed by atoms with E-state index in [1.807, 2.05) is 0 Å². The van der Waals surface area contributed by atoms with Crippen molar-refractivity contribution in [2.45, 2.75) is 45.6 Å². The average molecular weight is 286 g/mol. The summed E-state index contributed by atoms with van der Waals surface area (Å²) in [5.41, 5.74) is 0. The smallest absolute Gasteiger partial charge is 0.326 e. The van der Waals surface area contributed by atoms with Crippen molar-refractivity contribution in [2.24, 2.45) is 11.8 Å². The van der Waals surface area contributed by atoms with E-state index in [1.165, 1.54) is 0 Å². The maximum atomic E-state index is 12.1. The van der Waals surface area contributed by atoms with Crippen LogP contribution in [0.5, 0.6) is 0 Å². The topological polar surface area (TPSA) is 89.9 Å². The van der Waals surface area contributed by atoms with Crippen LogP contribution in [0.15, 0.2) is 0 Å². The minimum absolute atomic E-state index is 0.0313. The fourth-order valence-corrected chi connectivity index (χ4v) is 2.62. The Kier molecular flexibility index (Phi) is 6.78. The average Bonchev–Trinajstić information content (AvgIpc) is 2.63. The van der Waals surface area contributed by atoms with Crippen LogP contribution in [0.2, 0.25) is 0 Å². The molecule has 1 rings (SSSR count). The third-order valence-corrected chi connectivity index (χ3v) is 4.02. The summed E-state index contributed by atoms with van der Waals surface area (Å²) in [6.07, 6.45) is 3.06. The van der Waals surface area contributed by atoms with Crippen molar-refractivity contribution in [2.75, 3.05) is 19.7 Å². The van der Waals surface area contributed by atoms with E-state index in [9.17, 15) is 9.59 Å². The highest BCUT2D eigenvalue weighted by molar-refractivity contribution is 5.82. The second-order valence-corrected chi connectivity index (χ2v) is 5.77. The van der Waals surface area contributed by atoms with E-state index in [1.54, 1.807) is 4.90 Å². The van der Waals surface area contributed by atoms with Gasteiger partial charge in [0, 0.05) is 26.1 Å². The van der Waals surface area contributed by atoms with Crippen LogP contribution in [0.1, 0.15) is 39.5 Å². The molecule has 1 aliphatic rings. The molecule has 1 unspecified atom stereocenters. The molecule has 0 spiro atoms. The first-order valence-electron chi connectivity index (χ1n) is 7.34. The van der Waals surface area contributed by atoms with Gasteiger partial charge in [-0.25, -0.2) is 9.59 Å². The monoisotopic (exact) mass is 286 g/mol. The molecule has 1 fully saturated rings. The van der Waals surface area contributed by atoms with Crippen molar-refractivity contribution in [3.63, 3.8) is 0 Å². The van der Waals surface area contributed by atoms with E-state index in [2.05, 4.69) is 19.2 Å². The fourth-order valence-electron chi connectivity index (χ4n) is 2.62. The van der Waals surface area contributed by atoms with E-state index in [0.29, 0.717) is 24.9 Å². The van der Waals surface area contributed by atoms with E-state index in [4.69, 9.17) is 10.2 Å². The molecule has 2 atom stereocenters. The zero-order valence-corrected chi connectivity index (χ0v) is 12.3. The molecule has 3 N–H and O–H groups in total. The van der Waals surface area contributed by atoms with E-state index >= 15 is 0 Å². The Hall–Kier alpha value is -1.30. The number of carboxylic acids is 1. The van der Waals surface area contributed by atoms with E-state index in [0.717, 1.165) is 19.3 Å². The highest BCUT2D eigenvalue weighted by Gasteiger charge is 2.25. The van der Waals surface area contributed by atoms with Gasteiger partial charge in [-0.05, 0) is 31.1 Å². The molecule has 1 aliphatic heterocycles. The number of aliphatic hydroxyl groups excluding tert-OH is 1. The van der Waals surface area contributed by atoms with Gasteiger partial charge in [-0.1, -0.05) is 13.8 Å². The van der Waals surface area contributed by atoms with Gasteiger partial charge in [0.25, 0.3) is 0 Å². The lowest BCUT2D eigenvalue weighted by atomic mass is 9.89. The molecule has 0 aromatic rings. The largest absolute Gasteiger partial charge is 0.480 e. The molecule has 0 bridgehead atoms. The second kappa shape index (κ2) is 8.09. The van der Waals surface area contributed by atoms with Crippen LogP contribution < -0.4 is 5.32 Å². The predicted molar refractivity (Wildman–Crippen MR) is 75.4 cm³/mol. The van der Waals surface area contributed by atoms with Crippen molar-refractivity contribution >= 4 is 12.0 Å². The number of carbonyl (C=O) groups excluding carboxylic acids is 1. The molecule has 0 saturated carbocycles. The van der Waals surface area contributed by atoms with Crippen molar-refractivity contribution in [1.82, 2.24) is 10.2 Å². The Bertz CT molecular complexity index is 333. The van der Waals surface area contributed by atoms with Crippen LogP contribution in [0.25, 0.3) is 0 Å². The molecule has 20 heavy (non-hydrogen) atoms. The summed E-state index contributed by atoms with van der Waals surface area (Å²) in [4.78, 5) is 24.7. The third-order valence-electron chi connectivity index (χ3n) is 4.02. The van der Waals surface area contributed by atoms with Crippen LogP contribution in [0, 0.1) is 11.8 Å². The molecular formula is C14H26N2O4. The Morgan fingerprint density at radius 1 is 1.30 bits per heavy atom. The first kappa shape index (κ1) is 16.8. The highest BCUT2D eigenvalue weighted by Crippen LogP contribution is 2.24. The molecule has 0 aromatic heterocycles. The molecule has 6 nitrogen and oxygen atoms in total. The van der Waals surface area contributed by atoms with Crippen LogP contribution in [-0.2, 0) is 4.79 Å². The number of hydrogen-bond acceptors (Lipinski definition) is 3. The molecule has 2 amide bonds. The van der Waals surface area contributed by atoms with Gasteiger partial charge in [0.15, 0.2) is 0 Å². The second-order valence-electron chi connectivity index (χ2n) is 5.77. The number of nitrogens with one attached hydrogen (secondary N) is 1. The number of carboxylic acid groups (broad SMARTS) is 1. The summed E-state index contributed by atoms with van der Waals surface area (Å²) in [5, 5.41) is 20.3. The van der Waals surface area contributed by atoms with Gasteiger partial charge in [0.05, 0.1) is 0 Å². The molecule has 6 heteroatoms. The van der Waals surface area contributed by atoms with Crippen LogP contribution in [0.4, 0.5) is 4.79 Å². The number of aliphatic carboxylic acids is 1. The van der Waals surface area contributed by atoms with Gasteiger partial charge >= 0.3 is 12.0 Å². The summed E-state index contributed by atoms with van der Waals surface area (Å²) in [7, 11) is 0. The number of likely N-dealkylation sites (tertiary alicyclic amines) is 1. The number of rotatable bonds is 5. The minimum Gasteiger partial charge on any atom is -0.480 e. The molecule has 1 saturated heterocycles. The summed E-state index contributed by atoms with van der Waals surface area (Å²) in [6.45, 7) is 5.47. The third kappa shape index (κ3) is 5.00. The maximum Gasteiger partial charge on any atom is 0.326 e. The lowest BCUT2D eigenvalue weighted by Crippen LogP contribution is -2.48. The highest BCUT2D eigenvalue weighted by atomic mass is 16.4. The first-order chi connectivity index (χ1) is 9.45. The SMILES string of the molecule is CC(C)C1CCCN(C(=O)N[C@H](CCO)C(=O)O)CC1. The first-order valence-corrected chi connectivity index (χ1v) is 7.34. The van der Waals surface area contributed by atoms with Crippen molar-refractivity contribution < 1.29 is 19.8 Å². The van der Waals surface area contributed by atoms with E-state index in [-0.39, 0.29) is 19.1 Å². The zero-order valence-electron chi connectivity index (χ0n) is 12.3. The predicted octanol–water partition coefficient (Wildman–Crippen LogP) is 1.29. The lowest BCUT2D eigenvalue weighted by Gasteiger charge is -2.24. The number of carbonyl (C=O) groups is 2. The quantitative estimate of drug-likeness (QED) is 0.710. The van der Waals surface area contributed by atoms with Crippen LogP contribution >= 0.6 is 0 Å². The number of amides is 2. The number of hydrogen-bond donors (Lipinski definition) is 3. The Morgan fingerprint density at radius 2 is 2.00 bits per heavy atom. The van der Waals surface area contributed by atoms with Gasteiger partial charge in [-0.3, -0.25) is 0 Å². The molecule has 1 heterocycles. The van der Waals surface area contributed by atoms with Crippen molar-refractivity contribution in [3.8, 4) is 0 Å². The number of aliphatic hydroxyl groups is 1. The molecule has 0 radical (unpaired) electrons. The fraction of sp³-hybridized carbons (Fsp3) is 0.857. The van der Waals surface area contributed by atoms with Gasteiger partial charge in [0.2, 0.25) is 0 Å². The van der Waals surface area contributed by atoms with E-state index < -0.39 is 12.0 Å². The minimum atomic E-state index is -1.11. The zero-order chi connectivity index (χ0) is 15.1. The lowest BCUT2D eigenvalue weighted by molar-refractivity contribution is -0.139. The van der Waals surface area contributed by atoms with Crippen LogP contribution in [0.3, 0.4) is 0 Å². The standard InChI is InChI=1S/C14H26N2O4/c1-10(2)11-4-3-7-16(8-5-11)14(20)15-12(6-9-17)13(18)19/h10-12,17H,3-9H2,1-2H3,(H,15,20)(H,18,19)/t11?,12-/m1/s1. The summed E-state index contributed by atoms with van der Waals surface area (Å²) >= 11 is 0. The van der Waals surface area contributed by atoms with Crippen molar-refractivity contribution in [3.05, 3.63) is 0 Å². The summed E-state index contributed by atoms with van der Waals surface area (Å²) < 4.78 is 0. The molecule has 0 aliphatic carbocycles. The number of nitrogens with zero attached hydrogens (tertiary/aromatic N) is 1. The molecular weight excluding hydrogens is 260 g/mol. The van der Waals surface area contributed by atoms with Gasteiger partial charge in [0.1, 0.15) is 6.04 Å². The van der Waals surface area contributed by atoms with Gasteiger partial charge in [-0.15, -0.1) is 0 Å². The Balaban J connectivity index is 2.52.